The first kappa shape index (κ1) is 12.2. The molecule has 0 aliphatic carbocycles. The van der Waals surface area contributed by atoms with Crippen LogP contribution in [-0.2, 0) is 4.74 Å². The maximum Gasteiger partial charge on any atom is 0.111 e. The van der Waals surface area contributed by atoms with E-state index in [2.05, 4.69) is 17.6 Å². The quantitative estimate of drug-likeness (QED) is 0.692. The molecule has 2 aliphatic rings. The van der Waals surface area contributed by atoms with Gasteiger partial charge in [-0.3, -0.25) is 5.32 Å². The van der Waals surface area contributed by atoms with Gasteiger partial charge < -0.3 is 10.1 Å². The zero-order valence-electron chi connectivity index (χ0n) is 8.79. The normalized spacial score (nSPS) is 34.9. The van der Waals surface area contributed by atoms with Crippen LogP contribution in [0, 0.1) is 11.8 Å². The first-order chi connectivity index (χ1) is 6.36. The first-order valence-corrected chi connectivity index (χ1v) is 5.42. The fourth-order valence-electron chi connectivity index (χ4n) is 2.15. The van der Waals surface area contributed by atoms with Gasteiger partial charge in [0.2, 0.25) is 0 Å². The van der Waals surface area contributed by atoms with Gasteiger partial charge in [0, 0.05) is 12.5 Å². The molecule has 0 aromatic carbocycles. The van der Waals surface area contributed by atoms with Gasteiger partial charge in [0.05, 0.1) is 6.61 Å². The molecule has 0 radical (unpaired) electrons. The minimum atomic E-state index is 0. The molecule has 2 saturated heterocycles. The van der Waals surface area contributed by atoms with Crippen LogP contribution in [0.25, 0.3) is 0 Å². The van der Waals surface area contributed by atoms with Crippen molar-refractivity contribution >= 4 is 12.4 Å². The number of hydrogen-bond acceptors (Lipinski definition) is 3. The molecule has 0 aromatic heterocycles. The molecule has 14 heavy (non-hydrogen) atoms. The van der Waals surface area contributed by atoms with Crippen molar-refractivity contribution in [2.45, 2.75) is 26.0 Å². The lowest BCUT2D eigenvalue weighted by Gasteiger charge is -2.36. The summed E-state index contributed by atoms with van der Waals surface area (Å²) in [6, 6.07) is 0. The lowest BCUT2D eigenvalue weighted by Crippen LogP contribution is -2.49. The third-order valence-electron chi connectivity index (χ3n) is 3.04. The Morgan fingerprint density at radius 2 is 1.93 bits per heavy atom. The van der Waals surface area contributed by atoms with Crippen molar-refractivity contribution < 1.29 is 4.74 Å². The van der Waals surface area contributed by atoms with Gasteiger partial charge in [0.25, 0.3) is 0 Å². The van der Waals surface area contributed by atoms with Gasteiger partial charge in [-0.2, -0.15) is 0 Å². The van der Waals surface area contributed by atoms with Crippen LogP contribution < -0.4 is 10.6 Å². The van der Waals surface area contributed by atoms with Crippen LogP contribution in [-0.4, -0.2) is 32.5 Å². The van der Waals surface area contributed by atoms with Gasteiger partial charge in [-0.1, -0.05) is 6.92 Å². The Bertz CT molecular complexity index is 154. The number of ether oxygens (including phenoxy) is 1. The third kappa shape index (κ3) is 3.09. The Hall–Kier alpha value is 0.170. The summed E-state index contributed by atoms with van der Waals surface area (Å²) in [4.78, 5) is 0. The van der Waals surface area contributed by atoms with E-state index in [4.69, 9.17) is 4.74 Å². The number of piperidine rings is 1. The average Bonchev–Trinajstić information content (AvgIpc) is 2.20. The Morgan fingerprint density at radius 3 is 2.50 bits per heavy atom. The van der Waals surface area contributed by atoms with Crippen molar-refractivity contribution in [1.82, 2.24) is 10.6 Å². The number of rotatable bonds is 1. The molecule has 4 heteroatoms. The molecule has 0 spiro atoms. The highest BCUT2D eigenvalue weighted by Crippen LogP contribution is 2.20. The molecule has 2 aliphatic heterocycles. The van der Waals surface area contributed by atoms with E-state index >= 15 is 0 Å². The van der Waals surface area contributed by atoms with E-state index in [0.29, 0.717) is 12.1 Å². The second-order valence-electron chi connectivity index (χ2n) is 4.35. The summed E-state index contributed by atoms with van der Waals surface area (Å²) in [5.41, 5.74) is 0. The molecule has 0 amide bonds. The van der Waals surface area contributed by atoms with E-state index < -0.39 is 0 Å². The lowest BCUT2D eigenvalue weighted by molar-refractivity contribution is -0.0627. The van der Waals surface area contributed by atoms with E-state index in [1.165, 1.54) is 12.8 Å². The highest BCUT2D eigenvalue weighted by atomic mass is 35.5. The lowest BCUT2D eigenvalue weighted by atomic mass is 9.95. The van der Waals surface area contributed by atoms with Crippen LogP contribution in [0.1, 0.15) is 19.8 Å². The van der Waals surface area contributed by atoms with Crippen LogP contribution in [0.2, 0.25) is 0 Å². The molecule has 2 N–H and O–H groups in total. The van der Waals surface area contributed by atoms with Gasteiger partial charge in [0.1, 0.15) is 6.23 Å². The number of nitrogens with one attached hydrogen (secondary N) is 2. The second-order valence-corrected chi connectivity index (χ2v) is 4.35. The molecule has 3 nitrogen and oxygen atoms in total. The summed E-state index contributed by atoms with van der Waals surface area (Å²) in [5, 5.41) is 6.87. The number of halogens is 1. The summed E-state index contributed by atoms with van der Waals surface area (Å²) in [6.07, 6.45) is 2.84. The van der Waals surface area contributed by atoms with E-state index in [-0.39, 0.29) is 12.4 Å². The first-order valence-electron chi connectivity index (χ1n) is 5.42. The monoisotopic (exact) mass is 220 g/mol. The molecule has 2 fully saturated rings. The van der Waals surface area contributed by atoms with Crippen molar-refractivity contribution in [1.29, 1.82) is 0 Å². The largest absolute Gasteiger partial charge is 0.363 e. The predicted octanol–water partition coefficient (Wildman–Crippen LogP) is 0.990. The van der Waals surface area contributed by atoms with Crippen LogP contribution in [0.3, 0.4) is 0 Å². The third-order valence-corrected chi connectivity index (χ3v) is 3.04. The fourth-order valence-corrected chi connectivity index (χ4v) is 2.15. The zero-order chi connectivity index (χ0) is 9.10. The highest BCUT2D eigenvalue weighted by Gasteiger charge is 2.27. The highest BCUT2D eigenvalue weighted by molar-refractivity contribution is 5.85. The van der Waals surface area contributed by atoms with Gasteiger partial charge >= 0.3 is 0 Å². The summed E-state index contributed by atoms with van der Waals surface area (Å²) in [7, 11) is 0. The Morgan fingerprint density at radius 1 is 1.21 bits per heavy atom. The molecule has 0 saturated carbocycles. The molecule has 2 unspecified atom stereocenters. The summed E-state index contributed by atoms with van der Waals surface area (Å²) in [5.74, 6) is 1.41. The van der Waals surface area contributed by atoms with Crippen LogP contribution in [0.5, 0.6) is 0 Å². The van der Waals surface area contributed by atoms with Crippen LogP contribution in [0.4, 0.5) is 0 Å². The van der Waals surface area contributed by atoms with Crippen molar-refractivity contribution in [3.05, 3.63) is 0 Å². The van der Waals surface area contributed by atoms with Gasteiger partial charge in [-0.05, 0) is 31.8 Å². The van der Waals surface area contributed by atoms with Crippen molar-refractivity contribution in [2.24, 2.45) is 11.8 Å². The van der Waals surface area contributed by atoms with Gasteiger partial charge in [-0.15, -0.1) is 12.4 Å². The SMILES string of the molecule is CC1CNC(C2CCNCC2)OC1.Cl. The minimum absolute atomic E-state index is 0. The molecule has 0 aromatic rings. The maximum absolute atomic E-state index is 5.79. The standard InChI is InChI=1S/C10H20N2O.ClH/c1-8-6-12-10(13-7-8)9-2-4-11-5-3-9;/h8-12H,2-7H2,1H3;1H. The second kappa shape index (κ2) is 5.91. The van der Waals surface area contributed by atoms with E-state index in [9.17, 15) is 0 Å². The molecular weight excluding hydrogens is 200 g/mol. The Kier molecular flexibility index (Phi) is 5.17. The Labute approximate surface area is 92.4 Å². The van der Waals surface area contributed by atoms with Gasteiger partial charge in [-0.25, -0.2) is 0 Å². The summed E-state index contributed by atoms with van der Waals surface area (Å²) in [6.45, 7) is 6.59. The Balaban J connectivity index is 0.000000980. The van der Waals surface area contributed by atoms with Crippen molar-refractivity contribution in [3.63, 3.8) is 0 Å². The predicted molar refractivity (Wildman–Crippen MR) is 59.7 cm³/mol. The molecule has 2 heterocycles. The minimum Gasteiger partial charge on any atom is -0.363 e. The average molecular weight is 221 g/mol. The molecule has 0 bridgehead atoms. The van der Waals surface area contributed by atoms with E-state index in [0.717, 1.165) is 32.2 Å². The zero-order valence-corrected chi connectivity index (χ0v) is 9.61. The van der Waals surface area contributed by atoms with E-state index in [1.54, 1.807) is 0 Å². The molecule has 2 rings (SSSR count). The summed E-state index contributed by atoms with van der Waals surface area (Å²) < 4.78 is 5.79. The smallest absolute Gasteiger partial charge is 0.111 e. The fraction of sp³-hybridized carbons (Fsp3) is 1.00. The van der Waals surface area contributed by atoms with Crippen LogP contribution in [0.15, 0.2) is 0 Å². The van der Waals surface area contributed by atoms with Crippen molar-refractivity contribution in [3.8, 4) is 0 Å². The molecule has 84 valence electrons. The van der Waals surface area contributed by atoms with Gasteiger partial charge in [0.15, 0.2) is 0 Å². The number of hydrogen-bond donors (Lipinski definition) is 2. The topological polar surface area (TPSA) is 33.3 Å². The van der Waals surface area contributed by atoms with Crippen molar-refractivity contribution in [2.75, 3.05) is 26.2 Å². The maximum atomic E-state index is 5.79. The molecule has 2 atom stereocenters. The summed E-state index contributed by atoms with van der Waals surface area (Å²) >= 11 is 0. The van der Waals surface area contributed by atoms with Crippen LogP contribution >= 0.6 is 12.4 Å². The molecular formula is C10H21ClN2O. The van der Waals surface area contributed by atoms with E-state index in [1.807, 2.05) is 0 Å².